The summed E-state index contributed by atoms with van der Waals surface area (Å²) in [5.74, 6) is 0.982. The van der Waals surface area contributed by atoms with Gasteiger partial charge in [0, 0.05) is 30.8 Å². The van der Waals surface area contributed by atoms with Crippen LogP contribution in [0.15, 0.2) is 29.1 Å². The molecule has 1 N–H and O–H groups in total. The van der Waals surface area contributed by atoms with E-state index in [0.717, 1.165) is 24.2 Å². The van der Waals surface area contributed by atoms with Crippen LogP contribution in [0.25, 0.3) is 0 Å². The Bertz CT molecular complexity index is 865. The smallest absolute Gasteiger partial charge is 0.351 e. The van der Waals surface area contributed by atoms with Crippen LogP contribution in [-0.2, 0) is 19.6 Å². The SMILES string of the molecule is O=c1nc(OCc2ccc(F)c(CCO)c2)cc2n1CC1CCCCC21. The summed E-state index contributed by atoms with van der Waals surface area (Å²) < 4.78 is 21.2. The van der Waals surface area contributed by atoms with Gasteiger partial charge in [-0.3, -0.25) is 4.57 Å². The van der Waals surface area contributed by atoms with Gasteiger partial charge in [-0.1, -0.05) is 18.9 Å². The number of nitrogens with zero attached hydrogens (tertiary/aromatic N) is 2. The summed E-state index contributed by atoms with van der Waals surface area (Å²) in [6.07, 6.45) is 5.00. The number of benzene rings is 1. The topological polar surface area (TPSA) is 64.3 Å². The second-order valence-corrected chi connectivity index (χ2v) is 7.25. The number of aromatic nitrogens is 2. The highest BCUT2D eigenvalue weighted by Crippen LogP contribution is 2.43. The maximum Gasteiger partial charge on any atom is 0.351 e. The van der Waals surface area contributed by atoms with E-state index in [-0.39, 0.29) is 31.1 Å². The monoisotopic (exact) mass is 358 g/mol. The van der Waals surface area contributed by atoms with Crippen molar-refractivity contribution in [3.63, 3.8) is 0 Å². The van der Waals surface area contributed by atoms with Crippen molar-refractivity contribution < 1.29 is 14.2 Å². The van der Waals surface area contributed by atoms with Gasteiger partial charge in [0.05, 0.1) is 0 Å². The van der Waals surface area contributed by atoms with Gasteiger partial charge in [-0.25, -0.2) is 9.18 Å². The van der Waals surface area contributed by atoms with E-state index in [1.54, 1.807) is 16.7 Å². The molecular weight excluding hydrogens is 335 g/mol. The second kappa shape index (κ2) is 7.19. The average Bonchev–Trinajstić information content (AvgIpc) is 3.02. The molecule has 1 aromatic carbocycles. The number of rotatable bonds is 5. The Hall–Kier alpha value is -2.21. The maximum atomic E-state index is 13.7. The van der Waals surface area contributed by atoms with Crippen LogP contribution in [-0.4, -0.2) is 21.3 Å². The van der Waals surface area contributed by atoms with Gasteiger partial charge < -0.3 is 9.84 Å². The average molecular weight is 358 g/mol. The molecule has 6 heteroatoms. The van der Waals surface area contributed by atoms with Crippen LogP contribution >= 0.6 is 0 Å². The van der Waals surface area contributed by atoms with Gasteiger partial charge in [0.2, 0.25) is 5.88 Å². The third-order valence-corrected chi connectivity index (χ3v) is 5.60. The van der Waals surface area contributed by atoms with Crippen molar-refractivity contribution in [1.29, 1.82) is 0 Å². The third-order valence-electron chi connectivity index (χ3n) is 5.60. The Morgan fingerprint density at radius 2 is 2.12 bits per heavy atom. The lowest BCUT2D eigenvalue weighted by molar-refractivity contribution is 0.288. The van der Waals surface area contributed by atoms with Crippen molar-refractivity contribution >= 4 is 0 Å². The highest BCUT2D eigenvalue weighted by Gasteiger charge is 2.35. The van der Waals surface area contributed by atoms with Gasteiger partial charge in [0.1, 0.15) is 12.4 Å². The first-order chi connectivity index (χ1) is 12.7. The molecule has 0 saturated heterocycles. The molecule has 0 radical (unpaired) electrons. The lowest BCUT2D eigenvalue weighted by Crippen LogP contribution is -2.23. The molecule has 1 aromatic heterocycles. The summed E-state index contributed by atoms with van der Waals surface area (Å²) in [5.41, 5.74) is 2.05. The summed E-state index contributed by atoms with van der Waals surface area (Å²) in [6.45, 7) is 0.879. The molecule has 2 unspecified atom stereocenters. The molecule has 1 aliphatic carbocycles. The first-order valence-corrected chi connectivity index (χ1v) is 9.28. The fourth-order valence-electron chi connectivity index (χ4n) is 4.30. The zero-order valence-corrected chi connectivity index (χ0v) is 14.7. The Morgan fingerprint density at radius 3 is 2.96 bits per heavy atom. The number of ether oxygens (including phenoxy) is 1. The number of fused-ring (bicyclic) bond motifs is 3. The molecule has 4 rings (SSSR count). The van der Waals surface area contributed by atoms with E-state index in [2.05, 4.69) is 4.98 Å². The van der Waals surface area contributed by atoms with Crippen LogP contribution in [0.1, 0.15) is 48.4 Å². The number of aliphatic hydroxyl groups excluding tert-OH is 1. The van der Waals surface area contributed by atoms with E-state index < -0.39 is 0 Å². The van der Waals surface area contributed by atoms with Crippen molar-refractivity contribution in [1.82, 2.24) is 9.55 Å². The predicted molar refractivity (Wildman–Crippen MR) is 94.7 cm³/mol. The molecule has 2 atom stereocenters. The van der Waals surface area contributed by atoms with E-state index in [0.29, 0.717) is 23.3 Å². The predicted octanol–water partition coefficient (Wildman–Crippen LogP) is 2.78. The minimum absolute atomic E-state index is 0.104. The van der Waals surface area contributed by atoms with E-state index >= 15 is 0 Å². The van der Waals surface area contributed by atoms with Crippen molar-refractivity contribution in [2.45, 2.75) is 51.2 Å². The highest BCUT2D eigenvalue weighted by atomic mass is 19.1. The quantitative estimate of drug-likeness (QED) is 0.893. The van der Waals surface area contributed by atoms with E-state index in [1.807, 2.05) is 6.07 Å². The lowest BCUT2D eigenvalue weighted by Gasteiger charge is -2.24. The molecule has 0 amide bonds. The zero-order valence-electron chi connectivity index (χ0n) is 14.7. The van der Waals surface area contributed by atoms with Gasteiger partial charge in [0.25, 0.3) is 0 Å². The summed E-state index contributed by atoms with van der Waals surface area (Å²) in [5, 5.41) is 9.01. The summed E-state index contributed by atoms with van der Waals surface area (Å²) in [7, 11) is 0. The van der Waals surface area contributed by atoms with Crippen molar-refractivity contribution in [3.8, 4) is 5.88 Å². The molecule has 0 spiro atoms. The summed E-state index contributed by atoms with van der Waals surface area (Å²) >= 11 is 0. The Kier molecular flexibility index (Phi) is 4.76. The minimum Gasteiger partial charge on any atom is -0.473 e. The number of aliphatic hydroxyl groups is 1. The van der Waals surface area contributed by atoms with Gasteiger partial charge in [-0.05, 0) is 48.4 Å². The largest absolute Gasteiger partial charge is 0.473 e. The Labute approximate surface area is 151 Å². The van der Waals surface area contributed by atoms with E-state index in [1.165, 1.54) is 25.3 Å². The zero-order chi connectivity index (χ0) is 18.1. The fraction of sp³-hybridized carbons (Fsp3) is 0.500. The molecule has 138 valence electrons. The first kappa shape index (κ1) is 17.2. The van der Waals surface area contributed by atoms with Crippen LogP contribution in [0.5, 0.6) is 5.88 Å². The second-order valence-electron chi connectivity index (χ2n) is 7.25. The summed E-state index contributed by atoms with van der Waals surface area (Å²) in [6, 6.07) is 6.60. The van der Waals surface area contributed by atoms with Gasteiger partial charge in [-0.15, -0.1) is 0 Å². The molecule has 2 heterocycles. The van der Waals surface area contributed by atoms with Gasteiger partial charge in [0.15, 0.2) is 0 Å². The van der Waals surface area contributed by atoms with Crippen molar-refractivity contribution in [2.75, 3.05) is 6.61 Å². The standard InChI is InChI=1S/C20H23FN2O3/c21-17-6-5-13(9-14(17)7-8-24)12-26-19-10-18-16-4-2-1-3-15(16)11-23(18)20(25)22-19/h5-6,9-10,15-16,24H,1-4,7-8,11-12H2. The minimum atomic E-state index is -0.333. The third kappa shape index (κ3) is 3.26. The van der Waals surface area contributed by atoms with Crippen molar-refractivity contribution in [3.05, 3.63) is 57.4 Å². The van der Waals surface area contributed by atoms with E-state index in [9.17, 15) is 9.18 Å². The number of hydrogen-bond acceptors (Lipinski definition) is 4. The number of hydrogen-bond donors (Lipinski definition) is 1. The van der Waals surface area contributed by atoms with Crippen LogP contribution in [0, 0.1) is 11.7 Å². The molecular formula is C20H23FN2O3. The van der Waals surface area contributed by atoms with Crippen LogP contribution in [0.4, 0.5) is 4.39 Å². The molecule has 2 aromatic rings. The molecule has 1 fully saturated rings. The van der Waals surface area contributed by atoms with E-state index in [4.69, 9.17) is 9.84 Å². The Balaban J connectivity index is 1.52. The molecule has 26 heavy (non-hydrogen) atoms. The normalized spacial score (nSPS) is 21.3. The number of halogens is 1. The molecule has 5 nitrogen and oxygen atoms in total. The van der Waals surface area contributed by atoms with Gasteiger partial charge >= 0.3 is 5.69 Å². The maximum absolute atomic E-state index is 13.7. The van der Waals surface area contributed by atoms with Crippen molar-refractivity contribution in [2.24, 2.45) is 5.92 Å². The summed E-state index contributed by atoms with van der Waals surface area (Å²) in [4.78, 5) is 16.4. The lowest BCUT2D eigenvalue weighted by atomic mass is 9.80. The fourth-order valence-corrected chi connectivity index (χ4v) is 4.30. The molecule has 0 bridgehead atoms. The highest BCUT2D eigenvalue weighted by molar-refractivity contribution is 5.27. The Morgan fingerprint density at radius 1 is 1.27 bits per heavy atom. The molecule has 1 saturated carbocycles. The molecule has 2 aliphatic rings. The van der Waals surface area contributed by atoms with Crippen LogP contribution < -0.4 is 10.4 Å². The first-order valence-electron chi connectivity index (χ1n) is 9.28. The molecule has 1 aliphatic heterocycles. The van der Waals surface area contributed by atoms with Gasteiger partial charge in [-0.2, -0.15) is 4.98 Å². The van der Waals surface area contributed by atoms with Crippen LogP contribution in [0.3, 0.4) is 0 Å². The van der Waals surface area contributed by atoms with Crippen LogP contribution in [0.2, 0.25) is 0 Å².